The van der Waals surface area contributed by atoms with Crippen LogP contribution in [0.2, 0.25) is 0 Å². The van der Waals surface area contributed by atoms with Gasteiger partial charge < -0.3 is 9.63 Å². The zero-order valence-electron chi connectivity index (χ0n) is 12.7. The van der Waals surface area contributed by atoms with Crippen LogP contribution in [-0.2, 0) is 12.2 Å². The molecule has 1 N–H and O–H groups in total. The molecule has 0 unspecified atom stereocenters. The molecule has 0 fully saturated rings. The summed E-state index contributed by atoms with van der Waals surface area (Å²) < 4.78 is 6.83. The molecule has 0 amide bonds. The van der Waals surface area contributed by atoms with Crippen LogP contribution in [0.3, 0.4) is 0 Å². The number of hydrogen-bond acceptors (Lipinski definition) is 8. The lowest BCUT2D eigenvalue weighted by atomic mass is 10.1. The van der Waals surface area contributed by atoms with Gasteiger partial charge in [-0.3, -0.25) is 0 Å². The zero-order chi connectivity index (χ0) is 16.2. The van der Waals surface area contributed by atoms with Gasteiger partial charge in [0.05, 0.1) is 11.4 Å². The fraction of sp³-hybridized carbons (Fsp3) is 0.357. The third-order valence-corrected chi connectivity index (χ3v) is 3.86. The Hall–Kier alpha value is -2.42. The summed E-state index contributed by atoms with van der Waals surface area (Å²) in [5.41, 5.74) is 0.765. The highest BCUT2D eigenvalue weighted by Gasteiger charge is 2.13. The van der Waals surface area contributed by atoms with E-state index in [1.165, 1.54) is 11.8 Å². The quantitative estimate of drug-likeness (QED) is 0.686. The largest absolute Gasteiger partial charge is 0.508 e. The number of aromatic nitrogens is 6. The fourth-order valence-corrected chi connectivity index (χ4v) is 2.68. The van der Waals surface area contributed by atoms with E-state index in [-0.39, 0.29) is 5.75 Å². The molecule has 0 aliphatic rings. The van der Waals surface area contributed by atoms with Crippen LogP contribution < -0.4 is 0 Å². The SMILES string of the molecule is CC(C)Cc1noc(CSc2nnnn2-c2ccc(O)cc2)n1. The first-order chi connectivity index (χ1) is 11.1. The average Bonchev–Trinajstić information content (AvgIpc) is 3.14. The topological polar surface area (TPSA) is 103 Å². The van der Waals surface area contributed by atoms with E-state index in [0.29, 0.717) is 28.5 Å². The van der Waals surface area contributed by atoms with Crippen molar-refractivity contribution in [3.63, 3.8) is 0 Å². The van der Waals surface area contributed by atoms with E-state index < -0.39 is 0 Å². The van der Waals surface area contributed by atoms with Crippen molar-refractivity contribution in [2.24, 2.45) is 5.92 Å². The summed E-state index contributed by atoms with van der Waals surface area (Å²) in [6.45, 7) is 4.22. The zero-order valence-corrected chi connectivity index (χ0v) is 13.6. The lowest BCUT2D eigenvalue weighted by Gasteiger charge is -2.03. The molecule has 2 aromatic heterocycles. The number of phenolic OH excluding ortho intramolecular Hbond substituents is 1. The molecule has 0 saturated carbocycles. The van der Waals surface area contributed by atoms with Crippen molar-refractivity contribution >= 4 is 11.8 Å². The van der Waals surface area contributed by atoms with Crippen LogP contribution in [-0.4, -0.2) is 35.5 Å². The van der Waals surface area contributed by atoms with Crippen LogP contribution >= 0.6 is 11.8 Å². The second-order valence-electron chi connectivity index (χ2n) is 5.38. The molecule has 0 bridgehead atoms. The van der Waals surface area contributed by atoms with Crippen LogP contribution in [0, 0.1) is 5.92 Å². The number of aromatic hydroxyl groups is 1. The molecule has 0 spiro atoms. The molecule has 0 radical (unpaired) electrons. The van der Waals surface area contributed by atoms with Crippen molar-refractivity contribution in [1.82, 2.24) is 30.3 Å². The molecule has 120 valence electrons. The van der Waals surface area contributed by atoms with Crippen LogP contribution in [0.1, 0.15) is 25.6 Å². The van der Waals surface area contributed by atoms with Crippen LogP contribution in [0.25, 0.3) is 5.69 Å². The van der Waals surface area contributed by atoms with Crippen LogP contribution in [0.4, 0.5) is 0 Å². The van der Waals surface area contributed by atoms with E-state index in [4.69, 9.17) is 4.52 Å². The van der Waals surface area contributed by atoms with Crippen molar-refractivity contribution in [2.45, 2.75) is 31.2 Å². The Balaban J connectivity index is 1.68. The third-order valence-electron chi connectivity index (χ3n) is 2.96. The van der Waals surface area contributed by atoms with Crippen molar-refractivity contribution < 1.29 is 9.63 Å². The Bertz CT molecular complexity index is 768. The van der Waals surface area contributed by atoms with E-state index in [1.807, 2.05) is 0 Å². The van der Waals surface area contributed by atoms with Gasteiger partial charge in [0.1, 0.15) is 5.75 Å². The number of benzene rings is 1. The molecule has 0 atom stereocenters. The van der Waals surface area contributed by atoms with E-state index in [0.717, 1.165) is 12.1 Å². The highest BCUT2D eigenvalue weighted by atomic mass is 32.2. The van der Waals surface area contributed by atoms with Gasteiger partial charge in [-0.15, -0.1) is 5.10 Å². The summed E-state index contributed by atoms with van der Waals surface area (Å²) >= 11 is 1.41. The first-order valence-corrected chi connectivity index (χ1v) is 8.12. The standard InChI is InChI=1S/C14H16N6O2S/c1-9(2)7-12-15-13(22-17-12)8-23-14-16-18-19-20(14)10-3-5-11(21)6-4-10/h3-6,9,21H,7-8H2,1-2H3. The highest BCUT2D eigenvalue weighted by molar-refractivity contribution is 7.98. The minimum atomic E-state index is 0.194. The van der Waals surface area contributed by atoms with E-state index >= 15 is 0 Å². The van der Waals surface area contributed by atoms with Crippen LogP contribution in [0.15, 0.2) is 33.9 Å². The molecule has 23 heavy (non-hydrogen) atoms. The summed E-state index contributed by atoms with van der Waals surface area (Å²) in [7, 11) is 0. The van der Waals surface area contributed by atoms with Crippen molar-refractivity contribution in [2.75, 3.05) is 0 Å². The first kappa shape index (κ1) is 15.5. The minimum absolute atomic E-state index is 0.194. The predicted octanol–water partition coefficient (Wildman–Crippen LogP) is 2.24. The monoisotopic (exact) mass is 332 g/mol. The average molecular weight is 332 g/mol. The molecular weight excluding hydrogens is 316 g/mol. The summed E-state index contributed by atoms with van der Waals surface area (Å²) in [4.78, 5) is 4.35. The highest BCUT2D eigenvalue weighted by Crippen LogP contribution is 2.22. The van der Waals surface area contributed by atoms with Gasteiger partial charge in [-0.1, -0.05) is 30.8 Å². The predicted molar refractivity (Wildman–Crippen MR) is 83.2 cm³/mol. The Labute approximate surface area is 136 Å². The van der Waals surface area contributed by atoms with Crippen molar-refractivity contribution in [3.05, 3.63) is 36.0 Å². The Kier molecular flexibility index (Phi) is 4.56. The maximum Gasteiger partial charge on any atom is 0.237 e. The second-order valence-corrected chi connectivity index (χ2v) is 6.32. The van der Waals surface area contributed by atoms with Crippen LogP contribution in [0.5, 0.6) is 5.75 Å². The van der Waals surface area contributed by atoms with E-state index in [1.54, 1.807) is 28.9 Å². The maximum absolute atomic E-state index is 9.35. The van der Waals surface area contributed by atoms with E-state index in [2.05, 4.69) is 39.5 Å². The lowest BCUT2D eigenvalue weighted by Crippen LogP contribution is -1.99. The fourth-order valence-electron chi connectivity index (χ4n) is 1.95. The second kappa shape index (κ2) is 6.78. The molecule has 9 heteroatoms. The normalized spacial score (nSPS) is 11.3. The van der Waals surface area contributed by atoms with Gasteiger partial charge >= 0.3 is 0 Å². The van der Waals surface area contributed by atoms with E-state index in [9.17, 15) is 5.11 Å². The molecule has 1 aromatic carbocycles. The summed E-state index contributed by atoms with van der Waals surface area (Å²) in [5, 5.41) is 25.6. The number of rotatable bonds is 6. The molecule has 0 aliphatic carbocycles. The van der Waals surface area contributed by atoms with Gasteiger partial charge in [-0.2, -0.15) is 9.67 Å². The third kappa shape index (κ3) is 3.86. The van der Waals surface area contributed by atoms with Gasteiger partial charge in [0.15, 0.2) is 5.82 Å². The molecule has 0 aliphatic heterocycles. The first-order valence-electron chi connectivity index (χ1n) is 7.14. The number of hydrogen-bond donors (Lipinski definition) is 1. The van der Waals surface area contributed by atoms with Crippen molar-refractivity contribution in [3.8, 4) is 11.4 Å². The minimum Gasteiger partial charge on any atom is -0.508 e. The Morgan fingerprint density at radius 1 is 1.26 bits per heavy atom. The maximum atomic E-state index is 9.35. The summed E-state index contributed by atoms with van der Waals surface area (Å²) in [5.74, 6) is 2.43. The molecular formula is C14H16N6O2S. The molecule has 0 saturated heterocycles. The molecule has 2 heterocycles. The van der Waals surface area contributed by atoms with Gasteiger partial charge in [0.25, 0.3) is 0 Å². The van der Waals surface area contributed by atoms with Gasteiger partial charge in [0.2, 0.25) is 11.0 Å². The summed E-state index contributed by atoms with van der Waals surface area (Å²) in [6, 6.07) is 6.65. The number of tetrazole rings is 1. The van der Waals surface area contributed by atoms with Gasteiger partial charge in [-0.25, -0.2) is 0 Å². The number of thioether (sulfide) groups is 1. The Morgan fingerprint density at radius 2 is 2.04 bits per heavy atom. The smallest absolute Gasteiger partial charge is 0.237 e. The van der Waals surface area contributed by atoms with Gasteiger partial charge in [-0.05, 0) is 40.6 Å². The number of nitrogens with zero attached hydrogens (tertiary/aromatic N) is 6. The summed E-state index contributed by atoms with van der Waals surface area (Å²) in [6.07, 6.45) is 0.791. The molecule has 8 nitrogen and oxygen atoms in total. The van der Waals surface area contributed by atoms with Gasteiger partial charge in [0, 0.05) is 6.42 Å². The molecule has 3 aromatic rings. The van der Waals surface area contributed by atoms with Crippen molar-refractivity contribution in [1.29, 1.82) is 0 Å². The number of phenols is 1. The Morgan fingerprint density at radius 3 is 2.78 bits per heavy atom. The lowest BCUT2D eigenvalue weighted by molar-refractivity contribution is 0.382. The molecule has 3 rings (SSSR count).